The quantitative estimate of drug-likeness (QED) is 0.623. The number of hydrogen-bond acceptors (Lipinski definition) is 4. The molecule has 3 rings (SSSR count). The minimum absolute atomic E-state index is 0.0562. The lowest BCUT2D eigenvalue weighted by Crippen LogP contribution is -2.23. The predicted molar refractivity (Wildman–Crippen MR) is 103 cm³/mol. The molecule has 6 heteroatoms. The molecule has 2 aromatic carbocycles. The summed E-state index contributed by atoms with van der Waals surface area (Å²) >= 11 is 3.41. The van der Waals surface area contributed by atoms with Gasteiger partial charge in [-0.25, -0.2) is 4.98 Å². The van der Waals surface area contributed by atoms with E-state index in [1.807, 2.05) is 48.5 Å². The number of nitrogens with one attached hydrogen (secondary N) is 1. The van der Waals surface area contributed by atoms with Crippen molar-refractivity contribution in [3.63, 3.8) is 0 Å². The molecule has 0 saturated heterocycles. The Bertz CT molecular complexity index is 875. The molecule has 0 spiro atoms. The molecule has 5 nitrogen and oxygen atoms in total. The van der Waals surface area contributed by atoms with E-state index in [1.165, 1.54) is 0 Å². The number of hydrogen-bond donors (Lipinski definition) is 1. The number of rotatable bonds is 7. The molecule has 0 fully saturated rings. The van der Waals surface area contributed by atoms with Crippen LogP contribution in [0, 0.1) is 0 Å². The maximum atomic E-state index is 12.1. The number of halogens is 1. The number of carbonyl (C=O) groups is 1. The van der Waals surface area contributed by atoms with Crippen molar-refractivity contribution in [3.05, 3.63) is 70.7 Å². The summed E-state index contributed by atoms with van der Waals surface area (Å²) in [5.41, 5.74) is 1.89. The second-order valence-corrected chi connectivity index (χ2v) is 6.63. The number of nitrogens with zero attached hydrogens (tertiary/aromatic N) is 1. The lowest BCUT2D eigenvalue weighted by molar-refractivity contribution is -0.121. The number of benzene rings is 2. The van der Waals surface area contributed by atoms with Crippen molar-refractivity contribution < 1.29 is 13.9 Å². The summed E-state index contributed by atoms with van der Waals surface area (Å²) in [7, 11) is 1.62. The number of methoxy groups -OCH3 is 1. The topological polar surface area (TPSA) is 64.4 Å². The summed E-state index contributed by atoms with van der Waals surface area (Å²) in [6, 6.07) is 15.4. The first-order chi connectivity index (χ1) is 12.7. The number of aromatic nitrogens is 1. The van der Waals surface area contributed by atoms with Crippen LogP contribution in [0.2, 0.25) is 0 Å². The van der Waals surface area contributed by atoms with E-state index < -0.39 is 0 Å². The first kappa shape index (κ1) is 18.2. The van der Waals surface area contributed by atoms with Gasteiger partial charge in [-0.15, -0.1) is 0 Å². The molecule has 0 atom stereocenters. The fourth-order valence-electron chi connectivity index (χ4n) is 2.53. The molecule has 26 heavy (non-hydrogen) atoms. The first-order valence-electron chi connectivity index (χ1n) is 8.25. The SMILES string of the molecule is COc1ccccc1CNC(=O)CCc1ncc(-c2ccc(Br)cc2)o1. The highest BCUT2D eigenvalue weighted by Gasteiger charge is 2.10. The number of aryl methyl sites for hydroxylation is 1. The zero-order valence-corrected chi connectivity index (χ0v) is 16.0. The minimum atomic E-state index is -0.0562. The average Bonchev–Trinajstić information content (AvgIpc) is 3.14. The molecule has 1 amide bonds. The van der Waals surface area contributed by atoms with Crippen LogP contribution in [0.25, 0.3) is 11.3 Å². The van der Waals surface area contributed by atoms with E-state index >= 15 is 0 Å². The maximum Gasteiger partial charge on any atom is 0.220 e. The van der Waals surface area contributed by atoms with Gasteiger partial charge < -0.3 is 14.5 Å². The number of carbonyl (C=O) groups excluding carboxylic acids is 1. The van der Waals surface area contributed by atoms with Crippen LogP contribution < -0.4 is 10.1 Å². The van der Waals surface area contributed by atoms with Crippen LogP contribution >= 0.6 is 15.9 Å². The third-order valence-corrected chi connectivity index (χ3v) is 4.45. The van der Waals surface area contributed by atoms with Crippen molar-refractivity contribution in [1.29, 1.82) is 0 Å². The molecule has 0 aliphatic rings. The summed E-state index contributed by atoms with van der Waals surface area (Å²) < 4.78 is 12.0. The monoisotopic (exact) mass is 414 g/mol. The number of oxazole rings is 1. The Morgan fingerprint density at radius 3 is 2.73 bits per heavy atom. The van der Waals surface area contributed by atoms with Crippen molar-refractivity contribution in [2.45, 2.75) is 19.4 Å². The summed E-state index contributed by atoms with van der Waals surface area (Å²) in [5.74, 6) is 1.95. The van der Waals surface area contributed by atoms with Crippen molar-refractivity contribution >= 4 is 21.8 Å². The minimum Gasteiger partial charge on any atom is -0.496 e. The Balaban J connectivity index is 1.51. The van der Waals surface area contributed by atoms with Gasteiger partial charge in [0.1, 0.15) is 5.75 Å². The Morgan fingerprint density at radius 1 is 1.19 bits per heavy atom. The third kappa shape index (κ3) is 4.73. The van der Waals surface area contributed by atoms with Crippen LogP contribution in [0.4, 0.5) is 0 Å². The summed E-state index contributed by atoms with van der Waals surface area (Å²) in [5, 5.41) is 2.90. The van der Waals surface area contributed by atoms with E-state index in [0.29, 0.717) is 31.0 Å². The predicted octanol–water partition coefficient (Wildman–Crippen LogP) is 4.36. The fourth-order valence-corrected chi connectivity index (χ4v) is 2.79. The van der Waals surface area contributed by atoms with Gasteiger partial charge in [-0.05, 0) is 18.2 Å². The molecule has 0 radical (unpaired) electrons. The van der Waals surface area contributed by atoms with Gasteiger partial charge in [0.2, 0.25) is 5.91 Å². The highest BCUT2D eigenvalue weighted by Crippen LogP contribution is 2.23. The zero-order chi connectivity index (χ0) is 18.4. The van der Waals surface area contributed by atoms with E-state index in [0.717, 1.165) is 21.3 Å². The standard InChI is InChI=1S/C20H19BrN2O3/c1-25-17-5-3-2-4-15(17)12-22-19(24)10-11-20-23-13-18(26-20)14-6-8-16(21)9-7-14/h2-9,13H,10-12H2,1H3,(H,22,24). The van der Waals surface area contributed by atoms with Crippen LogP contribution in [0.5, 0.6) is 5.75 Å². The van der Waals surface area contributed by atoms with E-state index in [4.69, 9.17) is 9.15 Å². The molecule has 134 valence electrons. The van der Waals surface area contributed by atoms with Crippen LogP contribution in [0.3, 0.4) is 0 Å². The van der Waals surface area contributed by atoms with Gasteiger partial charge >= 0.3 is 0 Å². The second kappa shape index (κ2) is 8.67. The molecule has 1 aromatic heterocycles. The van der Waals surface area contributed by atoms with Crippen molar-refractivity contribution in [3.8, 4) is 17.1 Å². The Kier molecular flexibility index (Phi) is 6.07. The second-order valence-electron chi connectivity index (χ2n) is 5.71. The van der Waals surface area contributed by atoms with Gasteiger partial charge in [-0.1, -0.05) is 46.3 Å². The molecule has 1 heterocycles. The lowest BCUT2D eigenvalue weighted by atomic mass is 10.2. The van der Waals surface area contributed by atoms with E-state index in [-0.39, 0.29) is 5.91 Å². The van der Waals surface area contributed by atoms with Crippen molar-refractivity contribution in [2.75, 3.05) is 7.11 Å². The lowest BCUT2D eigenvalue weighted by Gasteiger charge is -2.09. The van der Waals surface area contributed by atoms with Gasteiger partial charge in [-0.3, -0.25) is 4.79 Å². The van der Waals surface area contributed by atoms with E-state index in [1.54, 1.807) is 13.3 Å². The highest BCUT2D eigenvalue weighted by molar-refractivity contribution is 9.10. The fraction of sp³-hybridized carbons (Fsp3) is 0.200. The smallest absolute Gasteiger partial charge is 0.220 e. The number of ether oxygens (including phenoxy) is 1. The molecule has 0 unspecified atom stereocenters. The molecule has 3 aromatic rings. The van der Waals surface area contributed by atoms with E-state index in [2.05, 4.69) is 26.2 Å². The zero-order valence-electron chi connectivity index (χ0n) is 14.4. The summed E-state index contributed by atoms with van der Waals surface area (Å²) in [6.45, 7) is 0.429. The Hall–Kier alpha value is -2.60. The molecule has 0 bridgehead atoms. The summed E-state index contributed by atoms with van der Waals surface area (Å²) in [6.07, 6.45) is 2.45. The maximum absolute atomic E-state index is 12.1. The van der Waals surface area contributed by atoms with Crippen LogP contribution in [0.1, 0.15) is 17.9 Å². The molecular formula is C20H19BrN2O3. The molecular weight excluding hydrogens is 396 g/mol. The molecule has 0 saturated carbocycles. The first-order valence-corrected chi connectivity index (χ1v) is 9.04. The van der Waals surface area contributed by atoms with Crippen LogP contribution in [-0.4, -0.2) is 18.0 Å². The Labute approximate surface area is 160 Å². The van der Waals surface area contributed by atoms with Gasteiger partial charge in [0.25, 0.3) is 0 Å². The van der Waals surface area contributed by atoms with Gasteiger partial charge in [0.05, 0.1) is 13.3 Å². The highest BCUT2D eigenvalue weighted by atomic mass is 79.9. The van der Waals surface area contributed by atoms with E-state index in [9.17, 15) is 4.79 Å². The van der Waals surface area contributed by atoms with Gasteiger partial charge in [0, 0.05) is 35.0 Å². The number of para-hydroxylation sites is 1. The molecule has 0 aliphatic heterocycles. The van der Waals surface area contributed by atoms with Crippen molar-refractivity contribution in [1.82, 2.24) is 10.3 Å². The Morgan fingerprint density at radius 2 is 1.96 bits per heavy atom. The third-order valence-electron chi connectivity index (χ3n) is 3.92. The summed E-state index contributed by atoms with van der Waals surface area (Å²) in [4.78, 5) is 16.3. The van der Waals surface area contributed by atoms with Gasteiger partial charge in [-0.2, -0.15) is 0 Å². The average molecular weight is 415 g/mol. The van der Waals surface area contributed by atoms with Crippen LogP contribution in [-0.2, 0) is 17.8 Å². The molecule has 1 N–H and O–H groups in total. The largest absolute Gasteiger partial charge is 0.496 e. The van der Waals surface area contributed by atoms with Crippen LogP contribution in [0.15, 0.2) is 63.6 Å². The normalized spacial score (nSPS) is 10.5. The van der Waals surface area contributed by atoms with Gasteiger partial charge in [0.15, 0.2) is 11.7 Å². The number of amides is 1. The van der Waals surface area contributed by atoms with Crippen molar-refractivity contribution in [2.24, 2.45) is 0 Å². The molecule has 0 aliphatic carbocycles.